The highest BCUT2D eigenvalue weighted by atomic mass is 16.6. The average Bonchev–Trinajstić information content (AvgIpc) is 2.96. The maximum absolute atomic E-state index is 11.8. The number of ether oxygens (including phenoxy) is 1. The molecule has 130 valence electrons. The first kappa shape index (κ1) is 16.8. The van der Waals surface area contributed by atoms with E-state index >= 15 is 0 Å². The number of hydrogen-bond donors (Lipinski definition) is 1. The SMILES string of the molecule is CC(C)(C)OC(=O)CNc1ncnc2c1nnn2Cc1ccccc1. The van der Waals surface area contributed by atoms with Crippen LogP contribution in [0.4, 0.5) is 5.82 Å². The summed E-state index contributed by atoms with van der Waals surface area (Å²) in [5.41, 5.74) is 1.68. The van der Waals surface area contributed by atoms with E-state index in [1.54, 1.807) is 4.68 Å². The fourth-order valence-electron chi connectivity index (χ4n) is 2.32. The third kappa shape index (κ3) is 4.28. The molecule has 0 unspecified atom stereocenters. The lowest BCUT2D eigenvalue weighted by molar-refractivity contribution is -0.152. The summed E-state index contributed by atoms with van der Waals surface area (Å²) >= 11 is 0. The molecular formula is C17H20N6O2. The largest absolute Gasteiger partial charge is 0.459 e. The van der Waals surface area contributed by atoms with Crippen LogP contribution in [0, 0.1) is 0 Å². The Morgan fingerprint density at radius 1 is 1.20 bits per heavy atom. The number of benzene rings is 1. The van der Waals surface area contributed by atoms with Crippen molar-refractivity contribution in [1.82, 2.24) is 25.0 Å². The van der Waals surface area contributed by atoms with Gasteiger partial charge in [0.25, 0.3) is 0 Å². The molecule has 2 aromatic heterocycles. The van der Waals surface area contributed by atoms with Crippen molar-refractivity contribution in [3.8, 4) is 0 Å². The van der Waals surface area contributed by atoms with Gasteiger partial charge in [-0.3, -0.25) is 4.79 Å². The van der Waals surface area contributed by atoms with Gasteiger partial charge in [-0.25, -0.2) is 14.6 Å². The molecule has 0 fully saturated rings. The molecule has 0 aliphatic heterocycles. The lowest BCUT2D eigenvalue weighted by Crippen LogP contribution is -2.28. The van der Waals surface area contributed by atoms with Crippen molar-refractivity contribution < 1.29 is 9.53 Å². The molecule has 2 heterocycles. The zero-order valence-corrected chi connectivity index (χ0v) is 14.4. The Labute approximate surface area is 145 Å². The number of carbonyl (C=O) groups is 1. The third-order valence-electron chi connectivity index (χ3n) is 3.30. The molecule has 3 aromatic rings. The summed E-state index contributed by atoms with van der Waals surface area (Å²) in [6, 6.07) is 9.92. The monoisotopic (exact) mass is 340 g/mol. The fourth-order valence-corrected chi connectivity index (χ4v) is 2.32. The van der Waals surface area contributed by atoms with Crippen LogP contribution in [0.25, 0.3) is 11.2 Å². The molecule has 1 N–H and O–H groups in total. The number of carbonyl (C=O) groups excluding carboxylic acids is 1. The molecule has 0 bridgehead atoms. The molecule has 0 saturated carbocycles. The van der Waals surface area contributed by atoms with Crippen LogP contribution in [0.3, 0.4) is 0 Å². The highest BCUT2D eigenvalue weighted by Gasteiger charge is 2.17. The van der Waals surface area contributed by atoms with Crippen molar-refractivity contribution >= 4 is 23.0 Å². The van der Waals surface area contributed by atoms with Gasteiger partial charge in [0.1, 0.15) is 18.5 Å². The summed E-state index contributed by atoms with van der Waals surface area (Å²) in [7, 11) is 0. The topological polar surface area (TPSA) is 94.8 Å². The Morgan fingerprint density at radius 3 is 2.68 bits per heavy atom. The summed E-state index contributed by atoms with van der Waals surface area (Å²) in [5, 5.41) is 11.2. The van der Waals surface area contributed by atoms with Crippen molar-refractivity contribution in [2.75, 3.05) is 11.9 Å². The number of nitrogens with one attached hydrogen (secondary N) is 1. The first-order chi connectivity index (χ1) is 11.9. The van der Waals surface area contributed by atoms with E-state index in [4.69, 9.17) is 4.74 Å². The van der Waals surface area contributed by atoms with E-state index in [1.165, 1.54) is 6.33 Å². The second-order valence-electron chi connectivity index (χ2n) is 6.57. The maximum atomic E-state index is 11.8. The van der Waals surface area contributed by atoms with Gasteiger partial charge in [-0.15, -0.1) is 5.10 Å². The van der Waals surface area contributed by atoms with E-state index in [0.717, 1.165) is 5.56 Å². The summed E-state index contributed by atoms with van der Waals surface area (Å²) in [4.78, 5) is 20.3. The molecule has 8 heteroatoms. The van der Waals surface area contributed by atoms with Crippen LogP contribution in [0.5, 0.6) is 0 Å². The molecule has 0 saturated heterocycles. The Bertz CT molecular complexity index is 870. The van der Waals surface area contributed by atoms with Gasteiger partial charge >= 0.3 is 5.97 Å². The number of esters is 1. The Kier molecular flexibility index (Phi) is 4.60. The van der Waals surface area contributed by atoms with Gasteiger partial charge in [0.15, 0.2) is 17.0 Å². The van der Waals surface area contributed by atoms with Crippen LogP contribution >= 0.6 is 0 Å². The number of aromatic nitrogens is 5. The van der Waals surface area contributed by atoms with Crippen molar-refractivity contribution in [3.05, 3.63) is 42.2 Å². The molecule has 3 rings (SSSR count). The van der Waals surface area contributed by atoms with Crippen LogP contribution in [-0.4, -0.2) is 43.1 Å². The number of fused-ring (bicyclic) bond motifs is 1. The zero-order valence-electron chi connectivity index (χ0n) is 14.4. The molecule has 0 radical (unpaired) electrons. The van der Waals surface area contributed by atoms with Gasteiger partial charge in [-0.1, -0.05) is 35.5 Å². The van der Waals surface area contributed by atoms with Gasteiger partial charge in [0, 0.05) is 0 Å². The van der Waals surface area contributed by atoms with Crippen molar-refractivity contribution in [2.24, 2.45) is 0 Å². The average molecular weight is 340 g/mol. The minimum absolute atomic E-state index is 0.00503. The van der Waals surface area contributed by atoms with Gasteiger partial charge in [0.2, 0.25) is 0 Å². The zero-order chi connectivity index (χ0) is 17.9. The van der Waals surface area contributed by atoms with E-state index in [9.17, 15) is 4.79 Å². The molecule has 8 nitrogen and oxygen atoms in total. The van der Waals surface area contributed by atoms with Crippen LogP contribution in [-0.2, 0) is 16.1 Å². The fraction of sp³-hybridized carbons (Fsp3) is 0.353. The molecular weight excluding hydrogens is 320 g/mol. The van der Waals surface area contributed by atoms with E-state index in [2.05, 4.69) is 25.6 Å². The van der Waals surface area contributed by atoms with Gasteiger partial charge < -0.3 is 10.1 Å². The normalized spacial score (nSPS) is 11.5. The summed E-state index contributed by atoms with van der Waals surface area (Å²) in [5.74, 6) is 0.0890. The van der Waals surface area contributed by atoms with E-state index in [0.29, 0.717) is 23.5 Å². The van der Waals surface area contributed by atoms with Crippen LogP contribution in [0.1, 0.15) is 26.3 Å². The van der Waals surface area contributed by atoms with Crippen LogP contribution < -0.4 is 5.32 Å². The number of nitrogens with zero attached hydrogens (tertiary/aromatic N) is 5. The second kappa shape index (κ2) is 6.84. The van der Waals surface area contributed by atoms with Crippen molar-refractivity contribution in [2.45, 2.75) is 32.9 Å². The van der Waals surface area contributed by atoms with E-state index < -0.39 is 5.60 Å². The summed E-state index contributed by atoms with van der Waals surface area (Å²) < 4.78 is 6.97. The van der Waals surface area contributed by atoms with Crippen molar-refractivity contribution in [1.29, 1.82) is 0 Å². The minimum Gasteiger partial charge on any atom is -0.459 e. The van der Waals surface area contributed by atoms with Crippen molar-refractivity contribution in [3.63, 3.8) is 0 Å². The van der Waals surface area contributed by atoms with E-state index in [1.807, 2.05) is 51.1 Å². The van der Waals surface area contributed by atoms with Gasteiger partial charge in [-0.2, -0.15) is 0 Å². The molecule has 0 spiro atoms. The first-order valence-corrected chi connectivity index (χ1v) is 7.96. The third-order valence-corrected chi connectivity index (χ3v) is 3.30. The Morgan fingerprint density at radius 2 is 1.96 bits per heavy atom. The Balaban J connectivity index is 1.76. The lowest BCUT2D eigenvalue weighted by Gasteiger charge is -2.19. The number of rotatable bonds is 5. The highest BCUT2D eigenvalue weighted by Crippen LogP contribution is 2.17. The van der Waals surface area contributed by atoms with Gasteiger partial charge in [0.05, 0.1) is 6.54 Å². The maximum Gasteiger partial charge on any atom is 0.325 e. The molecule has 25 heavy (non-hydrogen) atoms. The van der Waals surface area contributed by atoms with Crippen LogP contribution in [0.2, 0.25) is 0 Å². The van der Waals surface area contributed by atoms with Crippen LogP contribution in [0.15, 0.2) is 36.7 Å². The second-order valence-corrected chi connectivity index (χ2v) is 6.57. The molecule has 0 aliphatic rings. The predicted molar refractivity (Wildman–Crippen MR) is 93.0 cm³/mol. The summed E-state index contributed by atoms with van der Waals surface area (Å²) in [6.07, 6.45) is 1.42. The standard InChI is InChI=1S/C17H20N6O2/c1-17(2,3)25-13(24)9-18-15-14-16(20-11-19-15)23(22-21-14)10-12-7-5-4-6-8-12/h4-8,11H,9-10H2,1-3H3,(H,18,19,20). The lowest BCUT2D eigenvalue weighted by atomic mass is 10.2. The Hall–Kier alpha value is -3.03. The smallest absolute Gasteiger partial charge is 0.325 e. The first-order valence-electron chi connectivity index (χ1n) is 7.96. The minimum atomic E-state index is -0.529. The molecule has 0 atom stereocenters. The molecule has 1 aromatic carbocycles. The quantitative estimate of drug-likeness (QED) is 0.710. The van der Waals surface area contributed by atoms with E-state index in [-0.39, 0.29) is 12.5 Å². The highest BCUT2D eigenvalue weighted by molar-refractivity contribution is 5.84. The molecule has 0 aliphatic carbocycles. The van der Waals surface area contributed by atoms with Gasteiger partial charge in [-0.05, 0) is 26.3 Å². The number of anilines is 1. The molecule has 0 amide bonds. The predicted octanol–water partition coefficient (Wildman–Crippen LogP) is 2.02. The summed E-state index contributed by atoms with van der Waals surface area (Å²) in [6.45, 7) is 6.02. The number of hydrogen-bond acceptors (Lipinski definition) is 7.